The van der Waals surface area contributed by atoms with E-state index in [2.05, 4.69) is 10.0 Å². The van der Waals surface area contributed by atoms with Crippen LogP contribution < -0.4 is 10.0 Å². The highest BCUT2D eigenvalue weighted by molar-refractivity contribution is 7.98. The fourth-order valence-electron chi connectivity index (χ4n) is 2.02. The molecule has 0 spiro atoms. The Morgan fingerprint density at radius 1 is 1.28 bits per heavy atom. The Morgan fingerprint density at radius 2 is 1.96 bits per heavy atom. The van der Waals surface area contributed by atoms with Gasteiger partial charge in [0, 0.05) is 7.05 Å². The Bertz CT molecular complexity index is 719. The summed E-state index contributed by atoms with van der Waals surface area (Å²) in [5, 5.41) is 2.33. The average Bonchev–Trinajstić information content (AvgIpc) is 2.57. The highest BCUT2D eigenvalue weighted by Gasteiger charge is 2.28. The number of hydrogen-bond acceptors (Lipinski definition) is 6. The number of nitrogens with one attached hydrogen (secondary N) is 2. The molecule has 1 rings (SSSR count). The van der Waals surface area contributed by atoms with Crippen LogP contribution in [0.1, 0.15) is 17.5 Å². The van der Waals surface area contributed by atoms with Crippen LogP contribution in [-0.4, -0.2) is 52.0 Å². The van der Waals surface area contributed by atoms with Crippen molar-refractivity contribution in [2.24, 2.45) is 0 Å². The second-order valence-electron chi connectivity index (χ2n) is 5.51. The van der Waals surface area contributed by atoms with Gasteiger partial charge in [0.15, 0.2) is 6.61 Å². The molecular weight excluding hydrogens is 364 g/mol. The van der Waals surface area contributed by atoms with Crippen LogP contribution in [0, 0.1) is 13.8 Å². The summed E-state index contributed by atoms with van der Waals surface area (Å²) in [5.41, 5.74) is 1.38. The van der Waals surface area contributed by atoms with Gasteiger partial charge in [-0.05, 0) is 49.5 Å². The molecule has 0 unspecified atom stereocenters. The van der Waals surface area contributed by atoms with E-state index in [1.807, 2.05) is 12.3 Å². The van der Waals surface area contributed by atoms with E-state index in [9.17, 15) is 18.0 Å². The molecule has 1 aromatic carbocycles. The lowest BCUT2D eigenvalue weighted by Gasteiger charge is -2.18. The van der Waals surface area contributed by atoms with Crippen molar-refractivity contribution in [1.29, 1.82) is 0 Å². The number of sulfonamides is 1. The summed E-state index contributed by atoms with van der Waals surface area (Å²) in [6.45, 7) is 3.03. The van der Waals surface area contributed by atoms with Crippen molar-refractivity contribution < 1.29 is 22.7 Å². The number of rotatable bonds is 9. The zero-order valence-corrected chi connectivity index (χ0v) is 16.4. The number of thioether (sulfide) groups is 1. The van der Waals surface area contributed by atoms with Crippen molar-refractivity contribution in [2.45, 2.75) is 31.2 Å². The van der Waals surface area contributed by atoms with Crippen LogP contribution in [0.5, 0.6) is 0 Å². The van der Waals surface area contributed by atoms with Crippen LogP contribution in [0.3, 0.4) is 0 Å². The Balaban J connectivity index is 2.97. The number of carbonyl (C=O) groups excluding carboxylic acids is 2. The van der Waals surface area contributed by atoms with E-state index in [-0.39, 0.29) is 11.3 Å². The summed E-state index contributed by atoms with van der Waals surface area (Å²) < 4.78 is 32.7. The van der Waals surface area contributed by atoms with Crippen molar-refractivity contribution in [1.82, 2.24) is 10.0 Å². The molecule has 0 aliphatic carbocycles. The van der Waals surface area contributed by atoms with E-state index in [1.165, 1.54) is 18.8 Å². The Kier molecular flexibility index (Phi) is 8.40. The molecule has 0 bridgehead atoms. The lowest BCUT2D eigenvalue weighted by Crippen LogP contribution is -2.43. The van der Waals surface area contributed by atoms with Gasteiger partial charge in [0.1, 0.15) is 6.04 Å². The Morgan fingerprint density at radius 3 is 2.56 bits per heavy atom. The maximum Gasteiger partial charge on any atom is 0.324 e. The van der Waals surface area contributed by atoms with Gasteiger partial charge in [-0.25, -0.2) is 8.42 Å². The van der Waals surface area contributed by atoms with Gasteiger partial charge < -0.3 is 10.1 Å². The normalized spacial score (nSPS) is 12.5. The van der Waals surface area contributed by atoms with Gasteiger partial charge in [-0.2, -0.15) is 16.5 Å². The molecular formula is C16H24N2O5S2. The van der Waals surface area contributed by atoms with Crippen molar-refractivity contribution in [3.63, 3.8) is 0 Å². The van der Waals surface area contributed by atoms with E-state index in [4.69, 9.17) is 4.74 Å². The number of aryl methyl sites for hydroxylation is 2. The molecule has 1 amide bonds. The molecule has 25 heavy (non-hydrogen) atoms. The van der Waals surface area contributed by atoms with E-state index in [0.717, 1.165) is 5.56 Å². The number of ether oxygens (including phenoxy) is 1. The van der Waals surface area contributed by atoms with Crippen molar-refractivity contribution in [3.05, 3.63) is 29.3 Å². The molecule has 2 N–H and O–H groups in total. The third-order valence-electron chi connectivity index (χ3n) is 3.45. The number of amides is 1. The van der Waals surface area contributed by atoms with Crippen LogP contribution in [0.15, 0.2) is 23.1 Å². The predicted octanol–water partition coefficient (Wildman–Crippen LogP) is 0.993. The van der Waals surface area contributed by atoms with E-state index in [1.54, 1.807) is 26.0 Å². The average molecular weight is 389 g/mol. The number of benzene rings is 1. The van der Waals surface area contributed by atoms with Crippen LogP contribution in [0.4, 0.5) is 0 Å². The number of carbonyl (C=O) groups is 2. The molecule has 0 saturated heterocycles. The zero-order chi connectivity index (χ0) is 19.0. The van der Waals surface area contributed by atoms with Crippen molar-refractivity contribution >= 4 is 33.7 Å². The second kappa shape index (κ2) is 9.79. The van der Waals surface area contributed by atoms with Crippen LogP contribution in [0.25, 0.3) is 0 Å². The smallest absolute Gasteiger partial charge is 0.324 e. The maximum atomic E-state index is 12.7. The molecule has 0 radical (unpaired) electrons. The molecule has 0 saturated carbocycles. The zero-order valence-electron chi connectivity index (χ0n) is 14.8. The highest BCUT2D eigenvalue weighted by atomic mass is 32.2. The summed E-state index contributed by atoms with van der Waals surface area (Å²) in [7, 11) is -2.47. The first-order chi connectivity index (χ1) is 11.7. The van der Waals surface area contributed by atoms with Crippen molar-refractivity contribution in [2.75, 3.05) is 25.7 Å². The second-order valence-corrected chi connectivity index (χ2v) is 8.17. The summed E-state index contributed by atoms with van der Waals surface area (Å²) >= 11 is 1.48. The van der Waals surface area contributed by atoms with Crippen LogP contribution in [0.2, 0.25) is 0 Å². The first-order valence-electron chi connectivity index (χ1n) is 7.67. The van der Waals surface area contributed by atoms with Crippen molar-refractivity contribution in [3.8, 4) is 0 Å². The van der Waals surface area contributed by atoms with E-state index >= 15 is 0 Å². The van der Waals surface area contributed by atoms with Crippen LogP contribution >= 0.6 is 11.8 Å². The maximum absolute atomic E-state index is 12.7. The minimum atomic E-state index is -3.89. The SMILES string of the molecule is CNC(=O)COC(=O)[C@H](CCSC)NS(=O)(=O)c1cc(C)ccc1C. The van der Waals surface area contributed by atoms with Gasteiger partial charge in [-0.3, -0.25) is 9.59 Å². The minimum absolute atomic E-state index is 0.126. The van der Waals surface area contributed by atoms with Gasteiger partial charge in [0.2, 0.25) is 10.0 Å². The third-order valence-corrected chi connectivity index (χ3v) is 5.71. The fourth-order valence-corrected chi connectivity index (χ4v) is 4.04. The van der Waals surface area contributed by atoms with Crippen LogP contribution in [-0.2, 0) is 24.3 Å². The minimum Gasteiger partial charge on any atom is -0.454 e. The molecule has 1 atom stereocenters. The van der Waals surface area contributed by atoms with Gasteiger partial charge in [0.25, 0.3) is 5.91 Å². The number of esters is 1. The predicted molar refractivity (Wildman–Crippen MR) is 98.1 cm³/mol. The molecule has 7 nitrogen and oxygen atoms in total. The molecule has 0 heterocycles. The molecule has 0 aliphatic heterocycles. The summed E-state index contributed by atoms with van der Waals surface area (Å²) in [5.74, 6) is -0.671. The third kappa shape index (κ3) is 6.68. The molecule has 0 fully saturated rings. The molecule has 0 aliphatic rings. The molecule has 1 aromatic rings. The first-order valence-corrected chi connectivity index (χ1v) is 10.5. The van der Waals surface area contributed by atoms with Gasteiger partial charge in [-0.15, -0.1) is 0 Å². The molecule has 140 valence electrons. The molecule has 0 aromatic heterocycles. The summed E-state index contributed by atoms with van der Waals surface area (Å²) in [6.07, 6.45) is 2.12. The quantitative estimate of drug-likeness (QED) is 0.612. The lowest BCUT2D eigenvalue weighted by atomic mass is 10.2. The lowest BCUT2D eigenvalue weighted by molar-refractivity contribution is -0.150. The number of hydrogen-bond donors (Lipinski definition) is 2. The first kappa shape index (κ1) is 21.5. The highest BCUT2D eigenvalue weighted by Crippen LogP contribution is 2.18. The topological polar surface area (TPSA) is 102 Å². The van der Waals surface area contributed by atoms with E-state index in [0.29, 0.717) is 11.3 Å². The standard InChI is InChI=1S/C16H24N2O5S2/c1-11-5-6-12(2)14(9-11)25(21,22)18-13(7-8-24-4)16(20)23-10-15(19)17-3/h5-6,9,13,18H,7-8,10H2,1-4H3,(H,17,19)/t13-/m0/s1. The van der Waals surface area contributed by atoms with Gasteiger partial charge in [0.05, 0.1) is 4.90 Å². The summed E-state index contributed by atoms with van der Waals surface area (Å²) in [4.78, 5) is 23.5. The Labute approximate surface area is 153 Å². The monoisotopic (exact) mass is 388 g/mol. The fraction of sp³-hybridized carbons (Fsp3) is 0.500. The van der Waals surface area contributed by atoms with Gasteiger partial charge in [-0.1, -0.05) is 12.1 Å². The Hall–Kier alpha value is -1.58. The van der Waals surface area contributed by atoms with Gasteiger partial charge >= 0.3 is 5.97 Å². The number of likely N-dealkylation sites (N-methyl/N-ethyl adjacent to an activating group) is 1. The molecule has 9 heteroatoms. The van der Waals surface area contributed by atoms with E-state index < -0.39 is 34.5 Å². The largest absolute Gasteiger partial charge is 0.454 e. The summed E-state index contributed by atoms with van der Waals surface area (Å²) in [6, 6.07) is 4.03.